The number of halogens is 1. The van der Waals surface area contributed by atoms with E-state index in [-0.39, 0.29) is 5.82 Å². The average molecular weight is 229 g/mol. The van der Waals surface area contributed by atoms with Crippen LogP contribution in [-0.2, 0) is 6.54 Å². The number of hydrogen-bond acceptors (Lipinski definition) is 2. The van der Waals surface area contributed by atoms with Crippen molar-refractivity contribution in [1.82, 2.24) is 0 Å². The summed E-state index contributed by atoms with van der Waals surface area (Å²) in [6.07, 6.45) is 0.764. The van der Waals surface area contributed by atoms with Crippen molar-refractivity contribution in [3.05, 3.63) is 59.4 Å². The number of carbonyl (C=O) groups excluding carboxylic acids is 1. The minimum atomic E-state index is -0.335. The van der Waals surface area contributed by atoms with Crippen LogP contribution < -0.4 is 5.73 Å². The first-order valence-electron chi connectivity index (χ1n) is 5.29. The van der Waals surface area contributed by atoms with Gasteiger partial charge in [-0.25, -0.2) is 4.39 Å². The number of nitrogens with two attached hydrogens (primary N) is 1. The third kappa shape index (κ3) is 2.24. The molecule has 0 bridgehead atoms. The SMILES string of the molecule is NCc1ccc(F)cc1-c1ccccc1C=O. The molecule has 0 saturated heterocycles. The van der Waals surface area contributed by atoms with Crippen molar-refractivity contribution >= 4 is 6.29 Å². The Morgan fingerprint density at radius 2 is 1.88 bits per heavy atom. The summed E-state index contributed by atoms with van der Waals surface area (Å²) in [4.78, 5) is 11.0. The largest absolute Gasteiger partial charge is 0.326 e. The van der Waals surface area contributed by atoms with Crippen LogP contribution in [-0.4, -0.2) is 6.29 Å². The number of carbonyl (C=O) groups is 1. The highest BCUT2D eigenvalue weighted by Crippen LogP contribution is 2.27. The summed E-state index contributed by atoms with van der Waals surface area (Å²) in [7, 11) is 0. The zero-order valence-corrected chi connectivity index (χ0v) is 9.19. The average Bonchev–Trinajstić information content (AvgIpc) is 2.38. The van der Waals surface area contributed by atoms with Crippen LogP contribution in [0.2, 0.25) is 0 Å². The lowest BCUT2D eigenvalue weighted by molar-refractivity contribution is 0.112. The molecule has 0 spiro atoms. The van der Waals surface area contributed by atoms with Crippen LogP contribution in [0.25, 0.3) is 11.1 Å². The highest BCUT2D eigenvalue weighted by Gasteiger charge is 2.09. The lowest BCUT2D eigenvalue weighted by Gasteiger charge is -2.10. The molecule has 0 radical (unpaired) electrons. The number of rotatable bonds is 3. The van der Waals surface area contributed by atoms with Crippen LogP contribution in [0.4, 0.5) is 4.39 Å². The maximum Gasteiger partial charge on any atom is 0.150 e. The van der Waals surface area contributed by atoms with E-state index in [2.05, 4.69) is 0 Å². The van der Waals surface area contributed by atoms with Gasteiger partial charge in [-0.1, -0.05) is 30.3 Å². The molecule has 0 heterocycles. The topological polar surface area (TPSA) is 43.1 Å². The molecule has 2 N–H and O–H groups in total. The minimum Gasteiger partial charge on any atom is -0.326 e. The normalized spacial score (nSPS) is 10.2. The number of aldehydes is 1. The predicted octanol–water partition coefficient (Wildman–Crippen LogP) is 2.76. The summed E-state index contributed by atoms with van der Waals surface area (Å²) in [5, 5.41) is 0. The van der Waals surface area contributed by atoms with Crippen molar-refractivity contribution in [1.29, 1.82) is 0 Å². The molecule has 0 aliphatic rings. The van der Waals surface area contributed by atoms with Crippen molar-refractivity contribution in [2.45, 2.75) is 6.54 Å². The van der Waals surface area contributed by atoms with E-state index in [4.69, 9.17) is 5.73 Å². The molecule has 0 amide bonds. The van der Waals surface area contributed by atoms with E-state index in [9.17, 15) is 9.18 Å². The number of benzene rings is 2. The smallest absolute Gasteiger partial charge is 0.150 e. The van der Waals surface area contributed by atoms with Crippen LogP contribution in [0.1, 0.15) is 15.9 Å². The monoisotopic (exact) mass is 229 g/mol. The van der Waals surface area contributed by atoms with Crippen LogP contribution in [0.3, 0.4) is 0 Å². The van der Waals surface area contributed by atoms with Crippen LogP contribution >= 0.6 is 0 Å². The van der Waals surface area contributed by atoms with Gasteiger partial charge in [0.1, 0.15) is 5.82 Å². The van der Waals surface area contributed by atoms with E-state index in [1.165, 1.54) is 12.1 Å². The second-order valence-electron chi connectivity index (χ2n) is 3.71. The first kappa shape index (κ1) is 11.5. The van der Waals surface area contributed by atoms with Crippen molar-refractivity contribution in [3.8, 4) is 11.1 Å². The summed E-state index contributed by atoms with van der Waals surface area (Å²) in [5.74, 6) is -0.335. The summed E-state index contributed by atoms with van der Waals surface area (Å²) in [5.41, 5.74) is 8.36. The Labute approximate surface area is 98.9 Å². The Hall–Kier alpha value is -2.00. The molecule has 0 saturated carbocycles. The second kappa shape index (κ2) is 4.89. The van der Waals surface area contributed by atoms with Gasteiger partial charge in [0.15, 0.2) is 6.29 Å². The molecule has 3 heteroatoms. The molecule has 2 rings (SSSR count). The van der Waals surface area contributed by atoms with Gasteiger partial charge in [0, 0.05) is 12.1 Å². The maximum atomic E-state index is 13.3. The first-order valence-corrected chi connectivity index (χ1v) is 5.29. The highest BCUT2D eigenvalue weighted by molar-refractivity contribution is 5.88. The van der Waals surface area contributed by atoms with Gasteiger partial charge in [-0.2, -0.15) is 0 Å². The van der Waals surface area contributed by atoms with E-state index in [1.54, 1.807) is 24.3 Å². The molecule has 17 heavy (non-hydrogen) atoms. The van der Waals surface area contributed by atoms with Gasteiger partial charge >= 0.3 is 0 Å². The van der Waals surface area contributed by atoms with Gasteiger partial charge < -0.3 is 5.73 Å². The van der Waals surface area contributed by atoms with Gasteiger partial charge in [-0.05, 0) is 28.8 Å². The summed E-state index contributed by atoms with van der Waals surface area (Å²) >= 11 is 0. The Bertz CT molecular complexity index is 552. The van der Waals surface area contributed by atoms with E-state index in [1.807, 2.05) is 6.07 Å². The van der Waals surface area contributed by atoms with E-state index in [0.29, 0.717) is 23.2 Å². The third-order valence-electron chi connectivity index (χ3n) is 2.67. The van der Waals surface area contributed by atoms with Gasteiger partial charge in [-0.3, -0.25) is 4.79 Å². The second-order valence-corrected chi connectivity index (χ2v) is 3.71. The van der Waals surface area contributed by atoms with E-state index in [0.717, 1.165) is 11.8 Å². The van der Waals surface area contributed by atoms with Crippen LogP contribution in [0.5, 0.6) is 0 Å². The van der Waals surface area contributed by atoms with Gasteiger partial charge in [-0.15, -0.1) is 0 Å². The maximum absolute atomic E-state index is 13.3. The quantitative estimate of drug-likeness (QED) is 0.822. The van der Waals surface area contributed by atoms with E-state index >= 15 is 0 Å². The van der Waals surface area contributed by atoms with Crippen molar-refractivity contribution in [2.24, 2.45) is 5.73 Å². The molecule has 2 aromatic rings. The summed E-state index contributed by atoms with van der Waals surface area (Å²) in [6.45, 7) is 0.308. The molecule has 0 fully saturated rings. The Kier molecular flexibility index (Phi) is 3.30. The van der Waals surface area contributed by atoms with Gasteiger partial charge in [0.2, 0.25) is 0 Å². The highest BCUT2D eigenvalue weighted by atomic mass is 19.1. The fourth-order valence-corrected chi connectivity index (χ4v) is 1.82. The lowest BCUT2D eigenvalue weighted by atomic mass is 9.96. The molecule has 0 unspecified atom stereocenters. The van der Waals surface area contributed by atoms with Crippen molar-refractivity contribution in [3.63, 3.8) is 0 Å². The third-order valence-corrected chi connectivity index (χ3v) is 2.67. The molecule has 0 aromatic heterocycles. The molecular formula is C14H12FNO. The molecule has 2 aromatic carbocycles. The lowest BCUT2D eigenvalue weighted by Crippen LogP contribution is -2.00. The van der Waals surface area contributed by atoms with Crippen LogP contribution in [0, 0.1) is 5.82 Å². The predicted molar refractivity (Wildman–Crippen MR) is 65.1 cm³/mol. The molecule has 2 nitrogen and oxygen atoms in total. The zero-order valence-electron chi connectivity index (χ0n) is 9.19. The fourth-order valence-electron chi connectivity index (χ4n) is 1.82. The fraction of sp³-hybridized carbons (Fsp3) is 0.0714. The molecule has 0 aliphatic carbocycles. The van der Waals surface area contributed by atoms with Crippen molar-refractivity contribution in [2.75, 3.05) is 0 Å². The molecule has 0 aliphatic heterocycles. The standard InChI is InChI=1S/C14H12FNO/c15-12-6-5-10(8-16)14(7-12)13-4-2-1-3-11(13)9-17/h1-7,9H,8,16H2. The minimum absolute atomic E-state index is 0.308. The van der Waals surface area contributed by atoms with Crippen molar-refractivity contribution < 1.29 is 9.18 Å². The summed E-state index contributed by atoms with van der Waals surface area (Å²) < 4.78 is 13.3. The Morgan fingerprint density at radius 1 is 1.12 bits per heavy atom. The Balaban J connectivity index is 2.66. The first-order chi connectivity index (χ1) is 8.26. The molecule has 0 atom stereocenters. The zero-order chi connectivity index (χ0) is 12.3. The molecule has 86 valence electrons. The van der Waals surface area contributed by atoms with E-state index < -0.39 is 0 Å². The van der Waals surface area contributed by atoms with Gasteiger partial charge in [0.25, 0.3) is 0 Å². The van der Waals surface area contributed by atoms with Gasteiger partial charge in [0.05, 0.1) is 0 Å². The summed E-state index contributed by atoms with van der Waals surface area (Å²) in [6, 6.07) is 11.5. The molecular weight excluding hydrogens is 217 g/mol. The number of hydrogen-bond donors (Lipinski definition) is 1. The van der Waals surface area contributed by atoms with Crippen LogP contribution in [0.15, 0.2) is 42.5 Å². The Morgan fingerprint density at radius 3 is 2.59 bits per heavy atom.